The fourth-order valence-electron chi connectivity index (χ4n) is 1.57. The molecule has 110 valence electrons. The van der Waals surface area contributed by atoms with Gasteiger partial charge in [-0.25, -0.2) is 0 Å². The van der Waals surface area contributed by atoms with Gasteiger partial charge in [0.15, 0.2) is 0 Å². The lowest BCUT2D eigenvalue weighted by atomic mass is 10.0. The molecule has 2 N–H and O–H groups in total. The maximum Gasteiger partial charge on any atom is 0.307 e. The van der Waals surface area contributed by atoms with E-state index in [0.717, 1.165) is 5.69 Å². The number of carbonyl (C=O) groups is 2. The van der Waals surface area contributed by atoms with Crippen molar-refractivity contribution in [3.63, 3.8) is 0 Å². The van der Waals surface area contributed by atoms with E-state index in [2.05, 4.69) is 19.2 Å². The Morgan fingerprint density at radius 2 is 2.00 bits per heavy atom. The molecular formula is C15H21NO3S. The van der Waals surface area contributed by atoms with Gasteiger partial charge in [-0.15, -0.1) is 0 Å². The van der Waals surface area contributed by atoms with Crippen molar-refractivity contribution in [3.8, 4) is 0 Å². The van der Waals surface area contributed by atoms with Crippen LogP contribution < -0.4 is 5.32 Å². The van der Waals surface area contributed by atoms with E-state index in [0.29, 0.717) is 11.7 Å². The van der Waals surface area contributed by atoms with Gasteiger partial charge in [-0.05, 0) is 23.6 Å². The number of hydrogen-bond acceptors (Lipinski definition) is 3. The largest absolute Gasteiger partial charge is 0.481 e. The van der Waals surface area contributed by atoms with E-state index in [4.69, 9.17) is 5.11 Å². The maximum absolute atomic E-state index is 11.8. The van der Waals surface area contributed by atoms with Crippen LogP contribution in [0.25, 0.3) is 0 Å². The Bertz CT molecular complexity index is 474. The normalized spacial score (nSPS) is 12.2. The van der Waals surface area contributed by atoms with Gasteiger partial charge in [-0.2, -0.15) is 11.8 Å². The SMILES string of the molecule is CC(CSCC(=O)Nc1cccc(C(C)C)c1)C(=O)O. The molecule has 1 aromatic carbocycles. The summed E-state index contributed by atoms with van der Waals surface area (Å²) in [4.78, 5) is 22.4. The molecule has 1 unspecified atom stereocenters. The lowest BCUT2D eigenvalue weighted by molar-refractivity contribution is -0.140. The lowest BCUT2D eigenvalue weighted by Gasteiger charge is -2.10. The molecule has 0 saturated carbocycles. The number of anilines is 1. The highest BCUT2D eigenvalue weighted by Gasteiger charge is 2.12. The zero-order chi connectivity index (χ0) is 15.1. The third-order valence-corrected chi connectivity index (χ3v) is 4.06. The quantitative estimate of drug-likeness (QED) is 0.810. The van der Waals surface area contributed by atoms with Crippen LogP contribution in [-0.2, 0) is 9.59 Å². The summed E-state index contributed by atoms with van der Waals surface area (Å²) in [5.41, 5.74) is 1.96. The zero-order valence-electron chi connectivity index (χ0n) is 12.1. The van der Waals surface area contributed by atoms with Crippen molar-refractivity contribution in [1.29, 1.82) is 0 Å². The average molecular weight is 295 g/mol. The molecule has 0 heterocycles. The van der Waals surface area contributed by atoms with Crippen LogP contribution in [-0.4, -0.2) is 28.5 Å². The number of hydrogen-bond donors (Lipinski definition) is 2. The maximum atomic E-state index is 11.8. The van der Waals surface area contributed by atoms with Crippen molar-refractivity contribution in [2.24, 2.45) is 5.92 Å². The van der Waals surface area contributed by atoms with Gasteiger partial charge in [-0.3, -0.25) is 9.59 Å². The second kappa shape index (κ2) is 7.94. The molecule has 0 fully saturated rings. The second-order valence-corrected chi connectivity index (χ2v) is 6.11. The average Bonchev–Trinajstić information content (AvgIpc) is 2.38. The van der Waals surface area contributed by atoms with Crippen molar-refractivity contribution in [3.05, 3.63) is 29.8 Å². The van der Waals surface area contributed by atoms with E-state index in [1.807, 2.05) is 24.3 Å². The number of rotatable bonds is 7. The Hall–Kier alpha value is -1.49. The minimum atomic E-state index is -0.831. The number of amides is 1. The topological polar surface area (TPSA) is 66.4 Å². The van der Waals surface area contributed by atoms with Crippen LogP contribution in [0.15, 0.2) is 24.3 Å². The van der Waals surface area contributed by atoms with Gasteiger partial charge in [0.2, 0.25) is 5.91 Å². The van der Waals surface area contributed by atoms with Crippen molar-refractivity contribution in [2.75, 3.05) is 16.8 Å². The van der Waals surface area contributed by atoms with Crippen LogP contribution in [0.5, 0.6) is 0 Å². The molecule has 4 nitrogen and oxygen atoms in total. The van der Waals surface area contributed by atoms with E-state index in [1.165, 1.54) is 17.3 Å². The first kappa shape index (κ1) is 16.6. The molecule has 0 aliphatic rings. The smallest absolute Gasteiger partial charge is 0.307 e. The van der Waals surface area contributed by atoms with Crippen LogP contribution in [0.2, 0.25) is 0 Å². The van der Waals surface area contributed by atoms with Crippen LogP contribution in [0.1, 0.15) is 32.3 Å². The summed E-state index contributed by atoms with van der Waals surface area (Å²) >= 11 is 1.33. The summed E-state index contributed by atoms with van der Waals surface area (Å²) in [6.45, 7) is 5.84. The van der Waals surface area contributed by atoms with E-state index < -0.39 is 11.9 Å². The number of aliphatic carboxylic acids is 1. The molecule has 20 heavy (non-hydrogen) atoms. The van der Waals surface area contributed by atoms with Crippen LogP contribution in [0.4, 0.5) is 5.69 Å². The summed E-state index contributed by atoms with van der Waals surface area (Å²) in [6, 6.07) is 7.77. The van der Waals surface area contributed by atoms with Crippen molar-refractivity contribution in [1.82, 2.24) is 0 Å². The number of thioether (sulfide) groups is 1. The van der Waals surface area contributed by atoms with Crippen molar-refractivity contribution >= 4 is 29.3 Å². The first-order valence-electron chi connectivity index (χ1n) is 6.60. The molecule has 0 saturated heterocycles. The molecule has 0 spiro atoms. The van der Waals surface area contributed by atoms with Gasteiger partial charge >= 0.3 is 5.97 Å². The van der Waals surface area contributed by atoms with Crippen LogP contribution >= 0.6 is 11.8 Å². The molecule has 1 aromatic rings. The molecule has 1 atom stereocenters. The lowest BCUT2D eigenvalue weighted by Crippen LogP contribution is -2.17. The minimum absolute atomic E-state index is 0.103. The highest BCUT2D eigenvalue weighted by molar-refractivity contribution is 8.00. The van der Waals surface area contributed by atoms with Gasteiger partial charge in [0.1, 0.15) is 0 Å². The van der Waals surface area contributed by atoms with Gasteiger partial charge in [0, 0.05) is 11.4 Å². The number of benzene rings is 1. The fourth-order valence-corrected chi connectivity index (χ4v) is 2.44. The number of nitrogens with one attached hydrogen (secondary N) is 1. The Kier molecular flexibility index (Phi) is 6.58. The van der Waals surface area contributed by atoms with Gasteiger partial charge in [0.25, 0.3) is 0 Å². The van der Waals surface area contributed by atoms with E-state index in [1.54, 1.807) is 6.92 Å². The van der Waals surface area contributed by atoms with Gasteiger partial charge in [-0.1, -0.05) is 32.9 Å². The first-order chi connectivity index (χ1) is 9.40. The summed E-state index contributed by atoms with van der Waals surface area (Å²) in [5, 5.41) is 11.6. The molecular weight excluding hydrogens is 274 g/mol. The third-order valence-electron chi connectivity index (χ3n) is 2.86. The highest BCUT2D eigenvalue weighted by atomic mass is 32.2. The van der Waals surface area contributed by atoms with Crippen molar-refractivity contribution < 1.29 is 14.7 Å². The van der Waals surface area contributed by atoms with Crippen LogP contribution in [0, 0.1) is 5.92 Å². The monoisotopic (exact) mass is 295 g/mol. The molecule has 0 aliphatic carbocycles. The Balaban J connectivity index is 2.42. The molecule has 1 amide bonds. The third kappa shape index (κ3) is 5.65. The molecule has 5 heteroatoms. The van der Waals surface area contributed by atoms with Gasteiger partial charge in [0.05, 0.1) is 11.7 Å². The second-order valence-electron chi connectivity index (χ2n) is 5.08. The fraction of sp³-hybridized carbons (Fsp3) is 0.467. The predicted molar refractivity (Wildman–Crippen MR) is 83.3 cm³/mol. The summed E-state index contributed by atoms with van der Waals surface area (Å²) in [5.74, 6) is -0.246. The molecule has 1 rings (SSSR count). The molecule has 0 aliphatic heterocycles. The number of carboxylic acids is 1. The summed E-state index contributed by atoms with van der Waals surface area (Å²) in [6.07, 6.45) is 0. The Labute approximate surface area is 124 Å². The zero-order valence-corrected chi connectivity index (χ0v) is 12.9. The predicted octanol–water partition coefficient (Wildman–Crippen LogP) is 3.20. The van der Waals surface area contributed by atoms with Crippen LogP contribution in [0.3, 0.4) is 0 Å². The number of carboxylic acid groups (broad SMARTS) is 1. The molecule has 0 aromatic heterocycles. The Morgan fingerprint density at radius 3 is 2.60 bits per heavy atom. The van der Waals surface area contributed by atoms with Crippen molar-refractivity contribution in [2.45, 2.75) is 26.7 Å². The van der Waals surface area contributed by atoms with E-state index >= 15 is 0 Å². The standard InChI is InChI=1S/C15H21NO3S/c1-10(2)12-5-4-6-13(7-12)16-14(17)9-20-8-11(3)15(18)19/h4-7,10-11H,8-9H2,1-3H3,(H,16,17)(H,18,19). The molecule has 0 radical (unpaired) electrons. The number of carbonyl (C=O) groups excluding carboxylic acids is 1. The Morgan fingerprint density at radius 1 is 1.30 bits per heavy atom. The van der Waals surface area contributed by atoms with Gasteiger partial charge < -0.3 is 10.4 Å². The highest BCUT2D eigenvalue weighted by Crippen LogP contribution is 2.18. The van der Waals surface area contributed by atoms with E-state index in [-0.39, 0.29) is 11.7 Å². The molecule has 0 bridgehead atoms. The first-order valence-corrected chi connectivity index (χ1v) is 7.76. The summed E-state index contributed by atoms with van der Waals surface area (Å²) < 4.78 is 0. The van der Waals surface area contributed by atoms with E-state index in [9.17, 15) is 9.59 Å². The summed E-state index contributed by atoms with van der Waals surface area (Å²) in [7, 11) is 0. The minimum Gasteiger partial charge on any atom is -0.481 e.